The summed E-state index contributed by atoms with van der Waals surface area (Å²) < 4.78 is 0. The third-order valence-corrected chi connectivity index (χ3v) is 2.02. The second-order valence-electron chi connectivity index (χ2n) is 2.68. The zero-order valence-electron chi connectivity index (χ0n) is 7.35. The van der Waals surface area contributed by atoms with Crippen LogP contribution in [0.4, 0.5) is 5.69 Å². The molecule has 4 heteroatoms. The van der Waals surface area contributed by atoms with Crippen LogP contribution in [-0.2, 0) is 0 Å². The Morgan fingerprint density at radius 3 is 2.79 bits per heavy atom. The SMILES string of the molecule is C=C(Cl)CNc1ccc(C#N)c(Cl)c1. The van der Waals surface area contributed by atoms with Crippen molar-refractivity contribution >= 4 is 28.9 Å². The number of hydrogen-bond acceptors (Lipinski definition) is 2. The highest BCUT2D eigenvalue weighted by molar-refractivity contribution is 6.32. The van der Waals surface area contributed by atoms with E-state index in [0.717, 1.165) is 5.69 Å². The summed E-state index contributed by atoms with van der Waals surface area (Å²) >= 11 is 11.4. The van der Waals surface area contributed by atoms with Crippen LogP contribution in [0.5, 0.6) is 0 Å². The van der Waals surface area contributed by atoms with Crippen molar-refractivity contribution in [2.75, 3.05) is 11.9 Å². The molecule has 0 radical (unpaired) electrons. The monoisotopic (exact) mass is 226 g/mol. The fourth-order valence-electron chi connectivity index (χ4n) is 0.914. The summed E-state index contributed by atoms with van der Waals surface area (Å²) in [5.41, 5.74) is 1.28. The van der Waals surface area contributed by atoms with E-state index in [1.165, 1.54) is 0 Å². The zero-order chi connectivity index (χ0) is 10.6. The Labute approximate surface area is 92.8 Å². The molecule has 0 spiro atoms. The van der Waals surface area contributed by atoms with Gasteiger partial charge in [0.2, 0.25) is 0 Å². The van der Waals surface area contributed by atoms with E-state index in [1.54, 1.807) is 18.2 Å². The van der Waals surface area contributed by atoms with Gasteiger partial charge in [-0.05, 0) is 18.2 Å². The maximum atomic E-state index is 8.64. The highest BCUT2D eigenvalue weighted by atomic mass is 35.5. The highest BCUT2D eigenvalue weighted by Crippen LogP contribution is 2.20. The van der Waals surface area contributed by atoms with Gasteiger partial charge in [-0.3, -0.25) is 0 Å². The molecule has 1 rings (SSSR count). The van der Waals surface area contributed by atoms with Crippen molar-refractivity contribution < 1.29 is 0 Å². The first-order valence-corrected chi connectivity index (χ1v) is 4.66. The molecule has 0 aliphatic heterocycles. The number of nitrogens with one attached hydrogen (secondary N) is 1. The predicted octanol–water partition coefficient (Wildman–Crippen LogP) is 3.38. The van der Waals surface area contributed by atoms with Crippen molar-refractivity contribution in [2.24, 2.45) is 0 Å². The molecule has 0 unspecified atom stereocenters. The maximum absolute atomic E-state index is 8.64. The third kappa shape index (κ3) is 2.95. The topological polar surface area (TPSA) is 35.8 Å². The Kier molecular flexibility index (Phi) is 3.82. The first-order valence-electron chi connectivity index (χ1n) is 3.90. The van der Waals surface area contributed by atoms with Gasteiger partial charge >= 0.3 is 0 Å². The van der Waals surface area contributed by atoms with Gasteiger partial charge in [0.25, 0.3) is 0 Å². The van der Waals surface area contributed by atoms with Gasteiger partial charge in [0.05, 0.1) is 17.1 Å². The van der Waals surface area contributed by atoms with Crippen LogP contribution in [0.15, 0.2) is 29.8 Å². The lowest BCUT2D eigenvalue weighted by Crippen LogP contribution is -2.00. The van der Waals surface area contributed by atoms with Crippen molar-refractivity contribution in [3.63, 3.8) is 0 Å². The summed E-state index contributed by atoms with van der Waals surface area (Å²) in [6.45, 7) is 4.02. The van der Waals surface area contributed by atoms with Crippen molar-refractivity contribution in [1.82, 2.24) is 0 Å². The van der Waals surface area contributed by atoms with Crippen molar-refractivity contribution in [3.05, 3.63) is 40.4 Å². The zero-order valence-corrected chi connectivity index (χ0v) is 8.86. The fraction of sp³-hybridized carbons (Fsp3) is 0.100. The molecular formula is C10H8Cl2N2. The largest absolute Gasteiger partial charge is 0.380 e. The minimum Gasteiger partial charge on any atom is -0.380 e. The van der Waals surface area contributed by atoms with E-state index in [4.69, 9.17) is 28.5 Å². The number of hydrogen-bond donors (Lipinski definition) is 1. The number of benzene rings is 1. The normalized spacial score (nSPS) is 9.21. The lowest BCUT2D eigenvalue weighted by molar-refractivity contribution is 1.31. The molecule has 0 bridgehead atoms. The van der Waals surface area contributed by atoms with Gasteiger partial charge in [-0.2, -0.15) is 5.26 Å². The number of halogens is 2. The van der Waals surface area contributed by atoms with Crippen molar-refractivity contribution in [2.45, 2.75) is 0 Å². The van der Waals surface area contributed by atoms with Gasteiger partial charge in [-0.15, -0.1) is 0 Å². The molecule has 72 valence electrons. The fourth-order valence-corrected chi connectivity index (χ4v) is 1.20. The minimum atomic E-state index is 0.428. The standard InChI is InChI=1S/C10H8Cl2N2/c1-7(11)6-14-9-3-2-8(5-13)10(12)4-9/h2-4,14H,1,6H2. The van der Waals surface area contributed by atoms with Gasteiger partial charge < -0.3 is 5.32 Å². The lowest BCUT2D eigenvalue weighted by atomic mass is 10.2. The van der Waals surface area contributed by atoms with Crippen LogP contribution in [0.25, 0.3) is 0 Å². The van der Waals surface area contributed by atoms with Gasteiger partial charge in [0.15, 0.2) is 0 Å². The van der Waals surface area contributed by atoms with Gasteiger partial charge in [0, 0.05) is 10.7 Å². The number of anilines is 1. The molecule has 0 aromatic heterocycles. The van der Waals surface area contributed by atoms with Crippen LogP contribution in [0.3, 0.4) is 0 Å². The van der Waals surface area contributed by atoms with Crippen LogP contribution in [0, 0.1) is 11.3 Å². The lowest BCUT2D eigenvalue weighted by Gasteiger charge is -2.05. The second kappa shape index (κ2) is 4.90. The Bertz CT molecular complexity index is 394. The number of nitriles is 1. The van der Waals surface area contributed by atoms with Gasteiger partial charge in [-0.25, -0.2) is 0 Å². The molecule has 0 saturated heterocycles. The van der Waals surface area contributed by atoms with Gasteiger partial charge in [-0.1, -0.05) is 29.8 Å². The van der Waals surface area contributed by atoms with Crippen LogP contribution in [0.2, 0.25) is 5.02 Å². The second-order valence-corrected chi connectivity index (χ2v) is 3.62. The van der Waals surface area contributed by atoms with E-state index in [0.29, 0.717) is 22.2 Å². The highest BCUT2D eigenvalue weighted by Gasteiger charge is 2.00. The molecule has 0 saturated carbocycles. The minimum absolute atomic E-state index is 0.428. The van der Waals surface area contributed by atoms with Crippen molar-refractivity contribution in [1.29, 1.82) is 5.26 Å². The molecule has 0 heterocycles. The summed E-state index contributed by atoms with van der Waals surface area (Å²) in [5.74, 6) is 0. The molecule has 0 aliphatic rings. The maximum Gasteiger partial charge on any atom is 0.101 e. The molecule has 0 amide bonds. The molecule has 0 atom stereocenters. The molecule has 2 nitrogen and oxygen atoms in total. The molecule has 1 N–H and O–H groups in total. The quantitative estimate of drug-likeness (QED) is 0.859. The predicted molar refractivity (Wildman–Crippen MR) is 59.6 cm³/mol. The van der Waals surface area contributed by atoms with Crippen molar-refractivity contribution in [3.8, 4) is 6.07 Å². The van der Waals surface area contributed by atoms with E-state index < -0.39 is 0 Å². The van der Waals surface area contributed by atoms with Crippen LogP contribution in [0.1, 0.15) is 5.56 Å². The Hall–Kier alpha value is -1.17. The van der Waals surface area contributed by atoms with E-state index in [2.05, 4.69) is 11.9 Å². The molecule has 14 heavy (non-hydrogen) atoms. The van der Waals surface area contributed by atoms with E-state index in [9.17, 15) is 0 Å². The van der Waals surface area contributed by atoms with E-state index >= 15 is 0 Å². The summed E-state index contributed by atoms with van der Waals surface area (Å²) in [6, 6.07) is 7.09. The van der Waals surface area contributed by atoms with Crippen LogP contribution in [-0.4, -0.2) is 6.54 Å². The smallest absolute Gasteiger partial charge is 0.101 e. The third-order valence-electron chi connectivity index (χ3n) is 1.57. The summed E-state index contributed by atoms with van der Waals surface area (Å²) in [7, 11) is 0. The molecule has 1 aromatic carbocycles. The average Bonchev–Trinajstić information content (AvgIpc) is 2.15. The van der Waals surface area contributed by atoms with Crippen LogP contribution >= 0.6 is 23.2 Å². The first kappa shape index (κ1) is 10.9. The Balaban J connectivity index is 2.77. The molecule has 1 aromatic rings. The molecule has 0 aliphatic carbocycles. The number of rotatable bonds is 3. The van der Waals surface area contributed by atoms with E-state index in [1.807, 2.05) is 6.07 Å². The van der Waals surface area contributed by atoms with Crippen LogP contribution < -0.4 is 5.32 Å². The molecular weight excluding hydrogens is 219 g/mol. The first-order chi connectivity index (χ1) is 6.63. The summed E-state index contributed by atoms with van der Waals surface area (Å²) in [6.07, 6.45) is 0. The van der Waals surface area contributed by atoms with E-state index in [-0.39, 0.29) is 0 Å². The average molecular weight is 227 g/mol. The summed E-state index contributed by atoms with van der Waals surface area (Å²) in [4.78, 5) is 0. The number of nitrogens with zero attached hydrogens (tertiary/aromatic N) is 1. The summed E-state index contributed by atoms with van der Waals surface area (Å²) in [5, 5.41) is 12.6. The molecule has 0 fully saturated rings. The Morgan fingerprint density at radius 2 is 2.29 bits per heavy atom. The van der Waals surface area contributed by atoms with Gasteiger partial charge in [0.1, 0.15) is 6.07 Å². The Morgan fingerprint density at radius 1 is 1.57 bits per heavy atom.